The molecular weight excluding hydrogens is 483 g/mol. The highest BCUT2D eigenvalue weighted by molar-refractivity contribution is 6.31. The van der Waals surface area contributed by atoms with Gasteiger partial charge in [-0.25, -0.2) is 4.79 Å². The second-order valence-electron chi connectivity index (χ2n) is 7.79. The number of hydrogen-bond donors (Lipinski definition) is 2. The number of hydrogen-bond acceptors (Lipinski definition) is 3. The van der Waals surface area contributed by atoms with Crippen molar-refractivity contribution in [1.82, 2.24) is 5.32 Å². The molecule has 0 aromatic heterocycles. The van der Waals surface area contributed by atoms with Crippen LogP contribution in [-0.4, -0.2) is 36.3 Å². The van der Waals surface area contributed by atoms with E-state index in [1.807, 2.05) is 24.3 Å². The van der Waals surface area contributed by atoms with Crippen molar-refractivity contribution in [1.29, 1.82) is 0 Å². The van der Waals surface area contributed by atoms with Gasteiger partial charge < -0.3 is 15.2 Å². The van der Waals surface area contributed by atoms with Gasteiger partial charge in [-0.2, -0.15) is 13.2 Å². The second-order valence-corrected chi connectivity index (χ2v) is 8.23. The first-order valence-corrected chi connectivity index (χ1v) is 11.2. The lowest BCUT2D eigenvalue weighted by Gasteiger charge is -2.13. The van der Waals surface area contributed by atoms with Gasteiger partial charge >= 0.3 is 12.1 Å². The second kappa shape index (κ2) is 11.8. The largest absolute Gasteiger partial charge is 0.493 e. The Morgan fingerprint density at radius 2 is 1.57 bits per heavy atom. The Balaban J connectivity index is 1.54. The summed E-state index contributed by atoms with van der Waals surface area (Å²) < 4.78 is 42.3. The Morgan fingerprint density at radius 3 is 2.17 bits per heavy atom. The van der Waals surface area contributed by atoms with Gasteiger partial charge in [0.2, 0.25) is 0 Å². The van der Waals surface area contributed by atoms with Crippen LogP contribution in [0, 0.1) is 0 Å². The number of carboxylic acids is 1. The van der Waals surface area contributed by atoms with E-state index in [-0.39, 0.29) is 29.9 Å². The number of amides is 1. The van der Waals surface area contributed by atoms with Crippen LogP contribution in [0.25, 0.3) is 11.1 Å². The Bertz CT molecular complexity index is 1160. The first-order chi connectivity index (χ1) is 16.6. The summed E-state index contributed by atoms with van der Waals surface area (Å²) in [6, 6.07) is 18.6. The highest BCUT2D eigenvalue weighted by Gasteiger charge is 2.26. The zero-order valence-corrected chi connectivity index (χ0v) is 19.3. The van der Waals surface area contributed by atoms with Gasteiger partial charge in [0.05, 0.1) is 17.7 Å². The van der Waals surface area contributed by atoms with Gasteiger partial charge in [0.25, 0.3) is 5.91 Å². The zero-order valence-electron chi connectivity index (χ0n) is 18.6. The van der Waals surface area contributed by atoms with Crippen molar-refractivity contribution in [3.8, 4) is 16.9 Å². The van der Waals surface area contributed by atoms with Crippen LogP contribution in [0.3, 0.4) is 0 Å². The monoisotopic (exact) mass is 505 g/mol. The first kappa shape index (κ1) is 26.1. The molecule has 35 heavy (non-hydrogen) atoms. The van der Waals surface area contributed by atoms with E-state index in [1.165, 1.54) is 18.2 Å². The Hall–Kier alpha value is -3.52. The fourth-order valence-electron chi connectivity index (χ4n) is 3.34. The van der Waals surface area contributed by atoms with Crippen LogP contribution in [0.2, 0.25) is 5.02 Å². The Labute approximate surface area is 205 Å². The van der Waals surface area contributed by atoms with E-state index in [1.54, 1.807) is 24.3 Å². The maximum atomic E-state index is 12.6. The molecule has 0 aliphatic heterocycles. The minimum Gasteiger partial charge on any atom is -0.493 e. The number of ether oxygens (including phenoxy) is 1. The predicted octanol–water partition coefficient (Wildman–Crippen LogP) is 6.40. The molecule has 2 N–H and O–H groups in total. The van der Waals surface area contributed by atoms with E-state index in [0.29, 0.717) is 18.0 Å². The van der Waals surface area contributed by atoms with Crippen molar-refractivity contribution in [3.63, 3.8) is 0 Å². The minimum absolute atomic E-state index is 0.157. The van der Waals surface area contributed by atoms with Crippen molar-refractivity contribution in [2.24, 2.45) is 0 Å². The molecule has 0 radical (unpaired) electrons. The summed E-state index contributed by atoms with van der Waals surface area (Å²) in [5, 5.41) is 12.1. The zero-order chi connectivity index (χ0) is 25.4. The lowest BCUT2D eigenvalue weighted by atomic mass is 10.0. The number of aromatic carboxylic acids is 1. The van der Waals surface area contributed by atoms with Gasteiger partial charge in [0.1, 0.15) is 5.75 Å². The number of carbonyl (C=O) groups excluding carboxylic acids is 1. The van der Waals surface area contributed by atoms with Crippen molar-refractivity contribution in [3.05, 3.63) is 88.4 Å². The Kier molecular flexibility index (Phi) is 8.76. The van der Waals surface area contributed by atoms with Crippen molar-refractivity contribution >= 4 is 23.5 Å². The third kappa shape index (κ3) is 8.03. The number of carboxylic acid groups (broad SMARTS) is 1. The average Bonchev–Trinajstić information content (AvgIpc) is 2.82. The molecule has 0 fully saturated rings. The number of rotatable bonds is 10. The lowest BCUT2D eigenvalue weighted by molar-refractivity contribution is -0.136. The molecule has 0 aliphatic carbocycles. The van der Waals surface area contributed by atoms with E-state index < -0.39 is 24.5 Å². The van der Waals surface area contributed by atoms with Crippen molar-refractivity contribution in [2.75, 3.05) is 13.2 Å². The summed E-state index contributed by atoms with van der Waals surface area (Å²) in [6.45, 7) is 0.151. The maximum Gasteiger partial charge on any atom is 0.389 e. The molecule has 0 saturated carbocycles. The predicted molar refractivity (Wildman–Crippen MR) is 127 cm³/mol. The smallest absolute Gasteiger partial charge is 0.389 e. The fourth-order valence-corrected chi connectivity index (χ4v) is 3.52. The lowest BCUT2D eigenvalue weighted by Crippen LogP contribution is -2.26. The van der Waals surface area contributed by atoms with Gasteiger partial charge in [-0.1, -0.05) is 48.0 Å². The third-order valence-electron chi connectivity index (χ3n) is 5.17. The van der Waals surface area contributed by atoms with E-state index in [9.17, 15) is 22.8 Å². The highest BCUT2D eigenvalue weighted by atomic mass is 35.5. The summed E-state index contributed by atoms with van der Waals surface area (Å²) >= 11 is 5.99. The van der Waals surface area contributed by atoms with Crippen LogP contribution in [-0.2, 0) is 6.42 Å². The first-order valence-electron chi connectivity index (χ1n) is 10.8. The van der Waals surface area contributed by atoms with Gasteiger partial charge in [0, 0.05) is 18.0 Å². The number of alkyl halides is 3. The van der Waals surface area contributed by atoms with Gasteiger partial charge in [0.15, 0.2) is 0 Å². The molecule has 3 rings (SSSR count). The summed E-state index contributed by atoms with van der Waals surface area (Å²) in [7, 11) is 0. The molecule has 0 saturated heterocycles. The molecule has 184 valence electrons. The summed E-state index contributed by atoms with van der Waals surface area (Å²) in [4.78, 5) is 23.6. The maximum absolute atomic E-state index is 12.6. The van der Waals surface area contributed by atoms with E-state index in [0.717, 1.165) is 16.7 Å². The standard InChI is InChI=1S/C26H23ClF3NO4/c27-21-10-11-23(35-15-1-13-26(28,29)30)22(16-21)24(32)31-14-12-17-2-4-18(5-3-17)19-6-8-20(9-7-19)25(33)34/h2-11,16H,1,12-15H2,(H,31,32)(H,33,34). The number of carbonyl (C=O) groups is 2. The van der Waals surface area contributed by atoms with Crippen LogP contribution in [0.15, 0.2) is 66.7 Å². The molecule has 5 nitrogen and oxygen atoms in total. The number of benzene rings is 3. The van der Waals surface area contributed by atoms with Gasteiger partial charge in [-0.05, 0) is 59.9 Å². The van der Waals surface area contributed by atoms with E-state index in [2.05, 4.69) is 5.32 Å². The molecule has 1 amide bonds. The molecule has 0 bridgehead atoms. The normalized spacial score (nSPS) is 11.2. The van der Waals surface area contributed by atoms with Gasteiger partial charge in [-0.15, -0.1) is 0 Å². The molecule has 3 aromatic rings. The van der Waals surface area contributed by atoms with Crippen LogP contribution in [0.4, 0.5) is 13.2 Å². The average molecular weight is 506 g/mol. The van der Waals surface area contributed by atoms with Crippen LogP contribution < -0.4 is 10.1 Å². The van der Waals surface area contributed by atoms with E-state index in [4.69, 9.17) is 21.4 Å². The molecule has 0 aliphatic rings. The van der Waals surface area contributed by atoms with Gasteiger partial charge in [-0.3, -0.25) is 4.79 Å². The van der Waals surface area contributed by atoms with Crippen LogP contribution in [0.5, 0.6) is 5.75 Å². The summed E-state index contributed by atoms with van der Waals surface area (Å²) in [6.07, 6.45) is -4.89. The minimum atomic E-state index is -4.26. The number of nitrogens with one attached hydrogen (secondary N) is 1. The topological polar surface area (TPSA) is 75.6 Å². The van der Waals surface area contributed by atoms with Crippen molar-refractivity contribution in [2.45, 2.75) is 25.4 Å². The van der Waals surface area contributed by atoms with Crippen LogP contribution >= 0.6 is 11.6 Å². The summed E-state index contributed by atoms with van der Waals surface area (Å²) in [5.74, 6) is -1.24. The number of halogens is 4. The third-order valence-corrected chi connectivity index (χ3v) is 5.40. The molecular formula is C26H23ClF3NO4. The molecule has 0 spiro atoms. The highest BCUT2D eigenvalue weighted by Crippen LogP contribution is 2.25. The molecule has 0 heterocycles. The Morgan fingerprint density at radius 1 is 0.943 bits per heavy atom. The summed E-state index contributed by atoms with van der Waals surface area (Å²) in [5.41, 5.74) is 3.17. The quantitative estimate of drug-likeness (QED) is 0.313. The fraction of sp³-hybridized carbons (Fsp3) is 0.231. The van der Waals surface area contributed by atoms with Crippen molar-refractivity contribution < 1.29 is 32.6 Å². The van der Waals surface area contributed by atoms with Crippen LogP contribution in [0.1, 0.15) is 39.1 Å². The molecule has 3 aromatic carbocycles. The molecule has 0 unspecified atom stereocenters. The SMILES string of the molecule is O=C(O)c1ccc(-c2ccc(CCNC(=O)c3cc(Cl)ccc3OCCCC(F)(F)F)cc2)cc1. The molecule has 0 atom stereocenters. The van der Waals surface area contributed by atoms with E-state index >= 15 is 0 Å². The molecule has 9 heteroatoms.